The number of nitrogens with zero attached hydrogens (tertiary/aromatic N) is 1. The van der Waals surface area contributed by atoms with Gasteiger partial charge in [0.25, 0.3) is 11.6 Å². The lowest BCUT2D eigenvalue weighted by Crippen LogP contribution is -2.41. The summed E-state index contributed by atoms with van der Waals surface area (Å²) in [5.74, 6) is -0.272. The van der Waals surface area contributed by atoms with E-state index in [0.29, 0.717) is 6.42 Å². The normalized spacial score (nSPS) is 13.8. The standard InChI is InChI=1S/C14H19ClN2O4/c1-9(2)7-14(3,19)8-16-13(18)10-5-4-6-11(12(10)15)17(20)21/h4-6,9,19H,7-8H2,1-3H3,(H,16,18). The number of benzene rings is 1. The molecule has 116 valence electrons. The van der Waals surface area contributed by atoms with Crippen molar-refractivity contribution in [1.29, 1.82) is 0 Å². The number of carbonyl (C=O) groups is 1. The minimum atomic E-state index is -1.04. The molecule has 1 unspecified atom stereocenters. The Kier molecular flexibility index (Phi) is 5.69. The van der Waals surface area contributed by atoms with Crippen LogP contribution in [0, 0.1) is 16.0 Å². The Balaban J connectivity index is 2.82. The van der Waals surface area contributed by atoms with E-state index in [1.807, 2.05) is 13.8 Å². The summed E-state index contributed by atoms with van der Waals surface area (Å²) in [6.45, 7) is 5.60. The van der Waals surface area contributed by atoms with E-state index < -0.39 is 16.4 Å². The first-order chi connectivity index (χ1) is 9.64. The van der Waals surface area contributed by atoms with Gasteiger partial charge in [-0.25, -0.2) is 0 Å². The van der Waals surface area contributed by atoms with Gasteiger partial charge in [0.05, 0.1) is 16.1 Å². The Labute approximate surface area is 128 Å². The fraction of sp³-hybridized carbons (Fsp3) is 0.500. The zero-order valence-corrected chi connectivity index (χ0v) is 13.0. The average Bonchev–Trinajstić information content (AvgIpc) is 2.34. The number of nitro groups is 1. The molecule has 0 saturated heterocycles. The third kappa shape index (κ3) is 4.99. The Morgan fingerprint density at radius 3 is 2.67 bits per heavy atom. The molecule has 0 aromatic heterocycles. The van der Waals surface area contributed by atoms with Crippen molar-refractivity contribution < 1.29 is 14.8 Å². The molecule has 1 rings (SSSR count). The molecule has 1 atom stereocenters. The minimum Gasteiger partial charge on any atom is -0.388 e. The van der Waals surface area contributed by atoms with Gasteiger partial charge in [0, 0.05) is 12.6 Å². The van der Waals surface area contributed by atoms with Crippen molar-refractivity contribution >= 4 is 23.2 Å². The maximum absolute atomic E-state index is 12.0. The van der Waals surface area contributed by atoms with Gasteiger partial charge in [-0.2, -0.15) is 0 Å². The smallest absolute Gasteiger partial charge is 0.288 e. The van der Waals surface area contributed by atoms with E-state index in [4.69, 9.17) is 11.6 Å². The number of halogens is 1. The van der Waals surface area contributed by atoms with Gasteiger partial charge in [0.15, 0.2) is 0 Å². The van der Waals surface area contributed by atoms with E-state index in [-0.39, 0.29) is 28.7 Å². The quantitative estimate of drug-likeness (QED) is 0.623. The van der Waals surface area contributed by atoms with Crippen molar-refractivity contribution in [3.8, 4) is 0 Å². The van der Waals surface area contributed by atoms with Crippen LogP contribution in [0.15, 0.2) is 18.2 Å². The molecule has 7 heteroatoms. The van der Waals surface area contributed by atoms with Crippen molar-refractivity contribution in [2.75, 3.05) is 6.54 Å². The number of hydrogen-bond acceptors (Lipinski definition) is 4. The highest BCUT2D eigenvalue weighted by molar-refractivity contribution is 6.35. The topological polar surface area (TPSA) is 92.5 Å². The predicted octanol–water partition coefficient (Wildman–Crippen LogP) is 2.78. The summed E-state index contributed by atoms with van der Waals surface area (Å²) in [7, 11) is 0. The largest absolute Gasteiger partial charge is 0.388 e. The molecular formula is C14H19ClN2O4. The van der Waals surface area contributed by atoms with Gasteiger partial charge in [-0.1, -0.05) is 31.5 Å². The van der Waals surface area contributed by atoms with Crippen LogP contribution >= 0.6 is 11.6 Å². The first-order valence-corrected chi connectivity index (χ1v) is 6.95. The van der Waals surface area contributed by atoms with Crippen molar-refractivity contribution in [3.63, 3.8) is 0 Å². The number of hydrogen-bond donors (Lipinski definition) is 2. The number of aliphatic hydroxyl groups is 1. The second-order valence-corrected chi connectivity index (χ2v) is 6.05. The Bertz CT molecular complexity index is 544. The van der Waals surface area contributed by atoms with Crippen LogP contribution in [0.5, 0.6) is 0 Å². The van der Waals surface area contributed by atoms with Crippen LogP contribution in [0.25, 0.3) is 0 Å². The van der Waals surface area contributed by atoms with E-state index >= 15 is 0 Å². The molecule has 21 heavy (non-hydrogen) atoms. The van der Waals surface area contributed by atoms with Gasteiger partial charge in [-0.3, -0.25) is 14.9 Å². The highest BCUT2D eigenvalue weighted by Crippen LogP contribution is 2.27. The van der Waals surface area contributed by atoms with Crippen LogP contribution in [0.2, 0.25) is 5.02 Å². The SMILES string of the molecule is CC(C)CC(C)(O)CNC(=O)c1cccc([N+](=O)[O-])c1Cl. The molecule has 6 nitrogen and oxygen atoms in total. The van der Waals surface area contributed by atoms with Gasteiger partial charge < -0.3 is 10.4 Å². The van der Waals surface area contributed by atoms with Crippen LogP contribution in [0.1, 0.15) is 37.6 Å². The molecule has 0 saturated carbocycles. The molecule has 0 aliphatic rings. The minimum absolute atomic E-state index is 0.0196. The summed E-state index contributed by atoms with van der Waals surface area (Å²) in [4.78, 5) is 22.2. The summed E-state index contributed by atoms with van der Waals surface area (Å²) in [6, 6.07) is 4.03. The number of nitro benzene ring substituents is 1. The molecule has 0 aliphatic heterocycles. The monoisotopic (exact) mass is 314 g/mol. The summed E-state index contributed by atoms with van der Waals surface area (Å²) >= 11 is 5.87. The van der Waals surface area contributed by atoms with Crippen molar-refractivity contribution in [2.45, 2.75) is 32.8 Å². The molecule has 1 amide bonds. The highest BCUT2D eigenvalue weighted by Gasteiger charge is 2.25. The average molecular weight is 315 g/mol. The zero-order valence-electron chi connectivity index (χ0n) is 12.2. The van der Waals surface area contributed by atoms with Gasteiger partial charge in [0.1, 0.15) is 5.02 Å². The van der Waals surface area contributed by atoms with Gasteiger partial charge in [0.2, 0.25) is 0 Å². The molecule has 0 aliphatic carbocycles. The van der Waals surface area contributed by atoms with E-state index in [1.54, 1.807) is 6.92 Å². The highest BCUT2D eigenvalue weighted by atomic mass is 35.5. The van der Waals surface area contributed by atoms with Gasteiger partial charge in [-0.05, 0) is 25.3 Å². The summed E-state index contributed by atoms with van der Waals surface area (Å²) in [5, 5.41) is 23.3. The second kappa shape index (κ2) is 6.87. The molecule has 0 bridgehead atoms. The molecule has 0 radical (unpaired) electrons. The van der Waals surface area contributed by atoms with Crippen molar-refractivity contribution in [1.82, 2.24) is 5.32 Å². The van der Waals surface area contributed by atoms with Crippen LogP contribution in [0.4, 0.5) is 5.69 Å². The van der Waals surface area contributed by atoms with Crippen LogP contribution in [0.3, 0.4) is 0 Å². The number of rotatable bonds is 6. The Morgan fingerprint density at radius 2 is 2.14 bits per heavy atom. The maximum Gasteiger partial charge on any atom is 0.288 e. The number of carbonyl (C=O) groups excluding carboxylic acids is 1. The first-order valence-electron chi connectivity index (χ1n) is 6.57. The first kappa shape index (κ1) is 17.4. The number of amides is 1. The van der Waals surface area contributed by atoms with Gasteiger partial charge in [-0.15, -0.1) is 0 Å². The van der Waals surface area contributed by atoms with E-state index in [9.17, 15) is 20.0 Å². The molecule has 2 N–H and O–H groups in total. The van der Waals surface area contributed by atoms with E-state index in [1.165, 1.54) is 18.2 Å². The van der Waals surface area contributed by atoms with Crippen molar-refractivity contribution in [3.05, 3.63) is 38.9 Å². The van der Waals surface area contributed by atoms with Crippen molar-refractivity contribution in [2.24, 2.45) is 5.92 Å². The second-order valence-electron chi connectivity index (χ2n) is 5.67. The lowest BCUT2D eigenvalue weighted by molar-refractivity contribution is -0.384. The Hall–Kier alpha value is -1.66. The lowest BCUT2D eigenvalue weighted by Gasteiger charge is -2.25. The third-order valence-electron chi connectivity index (χ3n) is 2.90. The summed E-state index contributed by atoms with van der Waals surface area (Å²) in [6.07, 6.45) is 0.524. The van der Waals surface area contributed by atoms with E-state index in [0.717, 1.165) is 0 Å². The Morgan fingerprint density at radius 1 is 1.52 bits per heavy atom. The predicted molar refractivity (Wildman–Crippen MR) is 80.5 cm³/mol. The molecular weight excluding hydrogens is 296 g/mol. The van der Waals surface area contributed by atoms with Crippen LogP contribution < -0.4 is 5.32 Å². The molecule has 0 spiro atoms. The van der Waals surface area contributed by atoms with Gasteiger partial charge >= 0.3 is 0 Å². The molecule has 0 heterocycles. The van der Waals surface area contributed by atoms with Crippen LogP contribution in [-0.4, -0.2) is 28.1 Å². The molecule has 0 fully saturated rings. The molecule has 1 aromatic rings. The van der Waals surface area contributed by atoms with Crippen LogP contribution in [-0.2, 0) is 0 Å². The fourth-order valence-corrected chi connectivity index (χ4v) is 2.43. The number of nitrogens with one attached hydrogen (secondary N) is 1. The summed E-state index contributed by atoms with van der Waals surface area (Å²) < 4.78 is 0. The van der Waals surface area contributed by atoms with E-state index in [2.05, 4.69) is 5.32 Å². The summed E-state index contributed by atoms with van der Waals surface area (Å²) in [5.41, 5.74) is -1.35. The molecule has 1 aromatic carbocycles. The lowest BCUT2D eigenvalue weighted by atomic mass is 9.94. The fourth-order valence-electron chi connectivity index (χ4n) is 2.15. The third-order valence-corrected chi connectivity index (χ3v) is 3.29. The zero-order chi connectivity index (χ0) is 16.2. The maximum atomic E-state index is 12.0.